The molecule has 28 heavy (non-hydrogen) atoms. The van der Waals surface area contributed by atoms with E-state index >= 15 is 0 Å². The van der Waals surface area contributed by atoms with Crippen LogP contribution >= 0.6 is 0 Å². The number of nitrogens with zero attached hydrogens (tertiary/aromatic N) is 3. The molecule has 0 radical (unpaired) electrons. The number of methoxy groups -OCH3 is 1. The third-order valence-corrected chi connectivity index (χ3v) is 4.92. The summed E-state index contributed by atoms with van der Waals surface area (Å²) in [5.41, 5.74) is 8.57. The predicted octanol–water partition coefficient (Wildman–Crippen LogP) is 3.19. The van der Waals surface area contributed by atoms with Crippen molar-refractivity contribution in [2.24, 2.45) is 10.7 Å². The van der Waals surface area contributed by atoms with Gasteiger partial charge in [0, 0.05) is 23.5 Å². The van der Waals surface area contributed by atoms with Crippen LogP contribution in [0.3, 0.4) is 0 Å². The molecule has 4 rings (SSSR count). The van der Waals surface area contributed by atoms with Gasteiger partial charge in [-0.15, -0.1) is 0 Å². The van der Waals surface area contributed by atoms with Gasteiger partial charge in [0.1, 0.15) is 24.5 Å². The van der Waals surface area contributed by atoms with Gasteiger partial charge in [0.2, 0.25) is 0 Å². The summed E-state index contributed by atoms with van der Waals surface area (Å²) in [7, 11) is 1.63. The molecule has 142 valence electrons. The first kappa shape index (κ1) is 17.9. The van der Waals surface area contributed by atoms with E-state index in [1.54, 1.807) is 31.6 Å². The zero-order chi connectivity index (χ0) is 19.7. The van der Waals surface area contributed by atoms with Gasteiger partial charge >= 0.3 is 0 Å². The summed E-state index contributed by atoms with van der Waals surface area (Å²) in [5, 5.41) is 0. The fourth-order valence-electron chi connectivity index (χ4n) is 3.47. The van der Waals surface area contributed by atoms with Gasteiger partial charge in [-0.05, 0) is 47.9 Å². The third-order valence-electron chi connectivity index (χ3n) is 4.92. The van der Waals surface area contributed by atoms with Gasteiger partial charge in [-0.1, -0.05) is 12.1 Å². The first-order valence-corrected chi connectivity index (χ1v) is 8.72. The van der Waals surface area contributed by atoms with Gasteiger partial charge in [0.15, 0.2) is 5.54 Å². The molecule has 7 heteroatoms. The lowest BCUT2D eigenvalue weighted by Gasteiger charge is -2.26. The van der Waals surface area contributed by atoms with Crippen molar-refractivity contribution in [1.82, 2.24) is 9.97 Å². The molecule has 0 saturated heterocycles. The summed E-state index contributed by atoms with van der Waals surface area (Å²) < 4.78 is 25.4. The highest BCUT2D eigenvalue weighted by Crippen LogP contribution is 2.40. The van der Waals surface area contributed by atoms with Gasteiger partial charge < -0.3 is 15.2 Å². The van der Waals surface area contributed by atoms with Crippen molar-refractivity contribution in [2.45, 2.75) is 12.5 Å². The summed E-state index contributed by atoms with van der Waals surface area (Å²) in [4.78, 5) is 12.6. The third kappa shape index (κ3) is 2.94. The second-order valence-corrected chi connectivity index (χ2v) is 6.61. The number of amidine groups is 1. The summed E-state index contributed by atoms with van der Waals surface area (Å²) in [6.07, 6.45) is 4.55. The van der Waals surface area contributed by atoms with Crippen LogP contribution in [0.4, 0.5) is 4.39 Å². The fraction of sp³-hybridized carbons (Fsp3) is 0.190. The number of nitrogens with two attached hydrogens (primary N) is 1. The van der Waals surface area contributed by atoms with Crippen molar-refractivity contribution < 1.29 is 13.9 Å². The highest BCUT2D eigenvalue weighted by atomic mass is 19.1. The minimum Gasteiger partial charge on any atom is -0.496 e. The molecule has 0 aliphatic carbocycles. The number of aromatic nitrogens is 2. The van der Waals surface area contributed by atoms with Crippen molar-refractivity contribution in [3.8, 4) is 16.9 Å². The standard InChI is InChI=1S/C21H19FN4O2/c1-13-7-15(4-6-19(13)27-2)21(11-28-20(23)26-21)16-3-5-18(22)17(8-16)14-9-24-12-25-10-14/h3-10,12H,11H2,1-2H3,(H2,23,26)/t21-/m1/s1. The molecule has 2 aromatic carbocycles. The Bertz CT molecular complexity index is 1060. The summed E-state index contributed by atoms with van der Waals surface area (Å²) in [6.45, 7) is 2.18. The number of ether oxygens (including phenoxy) is 2. The maximum Gasteiger partial charge on any atom is 0.283 e. The lowest BCUT2D eigenvalue weighted by atomic mass is 9.82. The molecule has 2 N–H and O–H groups in total. The van der Waals surface area contributed by atoms with Crippen LogP contribution in [-0.4, -0.2) is 29.7 Å². The van der Waals surface area contributed by atoms with Crippen LogP contribution in [0.25, 0.3) is 11.1 Å². The Morgan fingerprint density at radius 2 is 1.82 bits per heavy atom. The highest BCUT2D eigenvalue weighted by Gasteiger charge is 2.40. The second kappa shape index (κ2) is 6.92. The smallest absolute Gasteiger partial charge is 0.283 e. The Morgan fingerprint density at radius 3 is 2.46 bits per heavy atom. The Kier molecular flexibility index (Phi) is 4.43. The van der Waals surface area contributed by atoms with Gasteiger partial charge in [0.05, 0.1) is 7.11 Å². The van der Waals surface area contributed by atoms with Crippen LogP contribution < -0.4 is 10.5 Å². The van der Waals surface area contributed by atoms with E-state index in [0.717, 1.165) is 22.4 Å². The predicted molar refractivity (Wildman–Crippen MR) is 104 cm³/mol. The number of aliphatic imine (C=N–C) groups is 1. The largest absolute Gasteiger partial charge is 0.496 e. The maximum absolute atomic E-state index is 14.5. The molecule has 0 saturated carbocycles. The fourth-order valence-corrected chi connectivity index (χ4v) is 3.47. The zero-order valence-electron chi connectivity index (χ0n) is 15.5. The first-order valence-electron chi connectivity index (χ1n) is 8.72. The zero-order valence-corrected chi connectivity index (χ0v) is 15.5. The molecule has 1 aromatic heterocycles. The SMILES string of the molecule is COc1ccc([C@@]2(c3ccc(F)c(-c4cncnc4)c3)COC(N)=N2)cc1C. The van der Waals surface area contributed by atoms with E-state index in [2.05, 4.69) is 15.0 Å². The molecule has 0 spiro atoms. The minimum atomic E-state index is -0.876. The summed E-state index contributed by atoms with van der Waals surface area (Å²) >= 11 is 0. The summed E-state index contributed by atoms with van der Waals surface area (Å²) in [5.74, 6) is 0.409. The van der Waals surface area contributed by atoms with Gasteiger partial charge in [-0.25, -0.2) is 19.4 Å². The van der Waals surface area contributed by atoms with E-state index in [4.69, 9.17) is 15.2 Å². The number of aryl methyl sites for hydroxylation is 1. The van der Waals surface area contributed by atoms with Gasteiger partial charge in [0.25, 0.3) is 6.02 Å². The van der Waals surface area contributed by atoms with Gasteiger partial charge in [-0.3, -0.25) is 0 Å². The number of rotatable bonds is 4. The van der Waals surface area contributed by atoms with E-state index in [1.807, 2.05) is 25.1 Å². The molecule has 0 unspecified atom stereocenters. The molecular weight excluding hydrogens is 359 g/mol. The van der Waals surface area contributed by atoms with Crippen LogP contribution in [0.5, 0.6) is 5.75 Å². The van der Waals surface area contributed by atoms with E-state index in [9.17, 15) is 4.39 Å². The molecule has 1 aliphatic rings. The van der Waals surface area contributed by atoms with Crippen molar-refractivity contribution in [3.05, 3.63) is 77.6 Å². The van der Waals surface area contributed by atoms with Gasteiger partial charge in [-0.2, -0.15) is 0 Å². The van der Waals surface area contributed by atoms with Crippen LogP contribution in [0.2, 0.25) is 0 Å². The van der Waals surface area contributed by atoms with Crippen LogP contribution in [0.1, 0.15) is 16.7 Å². The highest BCUT2D eigenvalue weighted by molar-refractivity contribution is 5.76. The molecule has 1 atom stereocenters. The van der Waals surface area contributed by atoms with Crippen LogP contribution in [-0.2, 0) is 10.3 Å². The Labute approximate surface area is 161 Å². The molecule has 0 fully saturated rings. The minimum absolute atomic E-state index is 0.0994. The number of hydrogen-bond donors (Lipinski definition) is 1. The topological polar surface area (TPSA) is 82.6 Å². The van der Waals surface area contributed by atoms with Crippen molar-refractivity contribution >= 4 is 6.02 Å². The van der Waals surface area contributed by atoms with Crippen molar-refractivity contribution in [1.29, 1.82) is 0 Å². The second-order valence-electron chi connectivity index (χ2n) is 6.61. The van der Waals surface area contributed by atoms with E-state index in [1.165, 1.54) is 12.4 Å². The molecule has 3 aromatic rings. The number of hydrogen-bond acceptors (Lipinski definition) is 6. The summed E-state index contributed by atoms with van der Waals surface area (Å²) in [6, 6.07) is 10.8. The number of benzene rings is 2. The van der Waals surface area contributed by atoms with Crippen molar-refractivity contribution in [3.63, 3.8) is 0 Å². The maximum atomic E-state index is 14.5. The first-order chi connectivity index (χ1) is 13.5. The normalized spacial score (nSPS) is 18.5. The van der Waals surface area contributed by atoms with E-state index in [-0.39, 0.29) is 18.4 Å². The molecule has 6 nitrogen and oxygen atoms in total. The molecular formula is C21H19FN4O2. The van der Waals surface area contributed by atoms with Crippen molar-refractivity contribution in [2.75, 3.05) is 13.7 Å². The average Bonchev–Trinajstić information content (AvgIpc) is 3.12. The van der Waals surface area contributed by atoms with E-state index < -0.39 is 5.54 Å². The Hall–Kier alpha value is -3.48. The van der Waals surface area contributed by atoms with Crippen LogP contribution in [0, 0.1) is 12.7 Å². The molecule has 0 amide bonds. The molecule has 0 bridgehead atoms. The number of halogens is 1. The quantitative estimate of drug-likeness (QED) is 0.754. The lowest BCUT2D eigenvalue weighted by Crippen LogP contribution is -2.27. The van der Waals surface area contributed by atoms with E-state index in [0.29, 0.717) is 11.1 Å². The monoisotopic (exact) mass is 378 g/mol. The molecule has 1 aliphatic heterocycles. The average molecular weight is 378 g/mol. The Morgan fingerprint density at radius 1 is 1.11 bits per heavy atom. The lowest BCUT2D eigenvalue weighted by molar-refractivity contribution is 0.278. The molecule has 2 heterocycles. The Balaban J connectivity index is 1.89. The van der Waals surface area contributed by atoms with Crippen LogP contribution in [0.15, 0.2) is 60.1 Å².